The highest BCUT2D eigenvalue weighted by Crippen LogP contribution is 2.26. The molecule has 3 rings (SSSR count). The second-order valence-electron chi connectivity index (χ2n) is 6.74. The lowest BCUT2D eigenvalue weighted by Crippen LogP contribution is -2.27. The molecule has 7 nitrogen and oxygen atoms in total. The van der Waals surface area contributed by atoms with Crippen LogP contribution >= 0.6 is 35.0 Å². The third-order valence-electron chi connectivity index (χ3n) is 4.40. The summed E-state index contributed by atoms with van der Waals surface area (Å²) in [7, 11) is 0. The van der Waals surface area contributed by atoms with Gasteiger partial charge in [0.05, 0.1) is 22.0 Å². The maximum absolute atomic E-state index is 13.7. The minimum Gasteiger partial charge on any atom is -0.351 e. The van der Waals surface area contributed by atoms with Crippen LogP contribution in [0, 0.1) is 5.82 Å². The fourth-order valence-corrected chi connectivity index (χ4v) is 4.08. The molecule has 0 bridgehead atoms. The maximum atomic E-state index is 13.7. The van der Waals surface area contributed by atoms with Crippen molar-refractivity contribution < 1.29 is 14.0 Å². The van der Waals surface area contributed by atoms with E-state index in [-0.39, 0.29) is 23.8 Å². The van der Waals surface area contributed by atoms with E-state index < -0.39 is 11.7 Å². The number of nitrogens with zero attached hydrogens (tertiary/aromatic N) is 3. The summed E-state index contributed by atoms with van der Waals surface area (Å²) in [6, 6.07) is 10.6. The number of benzene rings is 2. The number of halogens is 3. The molecule has 0 spiro atoms. The molecule has 0 aliphatic rings. The fraction of sp³-hybridized carbons (Fsp3) is 0.182. The van der Waals surface area contributed by atoms with Crippen LogP contribution in [-0.4, -0.2) is 38.9 Å². The lowest BCUT2D eigenvalue weighted by molar-refractivity contribution is -0.113. The Hall–Kier alpha value is -2.88. The summed E-state index contributed by atoms with van der Waals surface area (Å²) in [4.78, 5) is 24.5. The SMILES string of the molecule is C=CCn1c(CCNC(=O)c2ccccc2F)nnc1SCC(=O)Nc1ccc(Cl)cc1Cl. The van der Waals surface area contributed by atoms with Crippen LogP contribution in [0.15, 0.2) is 60.3 Å². The quantitative estimate of drug-likeness (QED) is 0.309. The maximum Gasteiger partial charge on any atom is 0.254 e. The number of aromatic nitrogens is 3. The van der Waals surface area contributed by atoms with Crippen LogP contribution in [-0.2, 0) is 17.8 Å². The number of carbonyl (C=O) groups is 2. The molecule has 0 atom stereocenters. The van der Waals surface area contributed by atoms with E-state index >= 15 is 0 Å². The highest BCUT2D eigenvalue weighted by atomic mass is 35.5. The zero-order valence-corrected chi connectivity index (χ0v) is 19.7. The van der Waals surface area contributed by atoms with Gasteiger partial charge in [0.2, 0.25) is 5.91 Å². The number of nitrogens with one attached hydrogen (secondary N) is 2. The summed E-state index contributed by atoms with van der Waals surface area (Å²) < 4.78 is 15.5. The van der Waals surface area contributed by atoms with Crippen molar-refractivity contribution in [2.45, 2.75) is 18.1 Å². The Labute approximate surface area is 204 Å². The van der Waals surface area contributed by atoms with E-state index in [4.69, 9.17) is 23.2 Å². The van der Waals surface area contributed by atoms with Crippen molar-refractivity contribution in [1.82, 2.24) is 20.1 Å². The number of thioether (sulfide) groups is 1. The highest BCUT2D eigenvalue weighted by molar-refractivity contribution is 7.99. The predicted molar refractivity (Wildman–Crippen MR) is 128 cm³/mol. The first-order chi connectivity index (χ1) is 15.9. The molecule has 0 fully saturated rings. The first-order valence-electron chi connectivity index (χ1n) is 9.82. The lowest BCUT2D eigenvalue weighted by atomic mass is 10.2. The second kappa shape index (κ2) is 11.8. The number of carbonyl (C=O) groups excluding carboxylic acids is 2. The Morgan fingerprint density at radius 3 is 2.70 bits per heavy atom. The molecule has 0 radical (unpaired) electrons. The third-order valence-corrected chi connectivity index (χ3v) is 5.91. The van der Waals surface area contributed by atoms with Gasteiger partial charge in [-0.15, -0.1) is 16.8 Å². The lowest BCUT2D eigenvalue weighted by Gasteiger charge is -2.10. The van der Waals surface area contributed by atoms with Crippen molar-refractivity contribution in [2.75, 3.05) is 17.6 Å². The van der Waals surface area contributed by atoms with Crippen molar-refractivity contribution in [1.29, 1.82) is 0 Å². The van der Waals surface area contributed by atoms with E-state index in [1.54, 1.807) is 34.9 Å². The van der Waals surface area contributed by atoms with Gasteiger partial charge in [0.1, 0.15) is 11.6 Å². The van der Waals surface area contributed by atoms with Gasteiger partial charge in [0.25, 0.3) is 5.91 Å². The van der Waals surface area contributed by atoms with E-state index in [9.17, 15) is 14.0 Å². The van der Waals surface area contributed by atoms with Crippen LogP contribution in [0.1, 0.15) is 16.2 Å². The van der Waals surface area contributed by atoms with Gasteiger partial charge in [-0.25, -0.2) is 4.39 Å². The third kappa shape index (κ3) is 6.80. The van der Waals surface area contributed by atoms with E-state index in [1.165, 1.54) is 30.0 Å². The van der Waals surface area contributed by atoms with Crippen LogP contribution in [0.5, 0.6) is 0 Å². The standard InChI is InChI=1S/C22H20Cl2FN5O2S/c1-2-11-30-19(9-10-26-21(32)15-5-3-4-6-17(15)25)28-29-22(30)33-13-20(31)27-18-8-7-14(23)12-16(18)24/h2-8,12H,1,9-11,13H2,(H,26,32)(H,27,31). The van der Waals surface area contributed by atoms with Gasteiger partial charge >= 0.3 is 0 Å². The monoisotopic (exact) mass is 507 g/mol. The fourth-order valence-electron chi connectivity index (χ4n) is 2.86. The van der Waals surface area contributed by atoms with Crippen LogP contribution < -0.4 is 10.6 Å². The zero-order chi connectivity index (χ0) is 23.8. The van der Waals surface area contributed by atoms with Crippen LogP contribution in [0.4, 0.5) is 10.1 Å². The molecule has 0 unspecified atom stereocenters. The molecule has 1 heterocycles. The summed E-state index contributed by atoms with van der Waals surface area (Å²) in [5, 5.41) is 15.1. The Kier molecular flexibility index (Phi) is 8.87. The molecular formula is C22H20Cl2FN5O2S. The van der Waals surface area contributed by atoms with Gasteiger partial charge in [-0.05, 0) is 30.3 Å². The summed E-state index contributed by atoms with van der Waals surface area (Å²) in [5.74, 6) is -0.668. The molecule has 0 saturated heterocycles. The van der Waals surface area contributed by atoms with E-state index in [2.05, 4.69) is 27.4 Å². The Bertz CT molecular complexity index is 1170. The average Bonchev–Trinajstić information content (AvgIpc) is 3.16. The second-order valence-corrected chi connectivity index (χ2v) is 8.53. The van der Waals surface area contributed by atoms with Gasteiger partial charge < -0.3 is 15.2 Å². The van der Waals surface area contributed by atoms with Crippen molar-refractivity contribution in [3.8, 4) is 0 Å². The van der Waals surface area contributed by atoms with E-state index in [1.807, 2.05) is 0 Å². The van der Waals surface area contributed by atoms with Crippen LogP contribution in [0.2, 0.25) is 10.0 Å². The van der Waals surface area contributed by atoms with E-state index in [0.717, 1.165) is 0 Å². The number of amides is 2. The van der Waals surface area contributed by atoms with Crippen molar-refractivity contribution in [3.05, 3.63) is 82.4 Å². The smallest absolute Gasteiger partial charge is 0.254 e. The molecule has 0 aliphatic heterocycles. The molecule has 2 aromatic carbocycles. The zero-order valence-electron chi connectivity index (χ0n) is 17.4. The Morgan fingerprint density at radius 2 is 1.97 bits per heavy atom. The van der Waals surface area contributed by atoms with Gasteiger partial charge in [-0.1, -0.05) is 53.2 Å². The molecule has 3 aromatic rings. The Balaban J connectivity index is 1.57. The van der Waals surface area contributed by atoms with Gasteiger partial charge in [-0.3, -0.25) is 9.59 Å². The molecule has 33 heavy (non-hydrogen) atoms. The molecule has 2 N–H and O–H groups in total. The summed E-state index contributed by atoms with van der Waals surface area (Å²) in [5.41, 5.74) is 0.443. The van der Waals surface area contributed by atoms with Crippen molar-refractivity contribution in [3.63, 3.8) is 0 Å². The molecule has 0 aliphatic carbocycles. The minimum absolute atomic E-state index is 0.0203. The number of rotatable bonds is 10. The summed E-state index contributed by atoms with van der Waals surface area (Å²) in [6.45, 7) is 4.41. The van der Waals surface area contributed by atoms with E-state index in [0.29, 0.717) is 39.7 Å². The molecule has 0 saturated carbocycles. The minimum atomic E-state index is -0.582. The average molecular weight is 508 g/mol. The summed E-state index contributed by atoms with van der Waals surface area (Å²) >= 11 is 13.2. The topological polar surface area (TPSA) is 88.9 Å². The van der Waals surface area contributed by atoms with Gasteiger partial charge in [0, 0.05) is 24.5 Å². The summed E-state index contributed by atoms with van der Waals surface area (Å²) in [6.07, 6.45) is 2.05. The molecule has 11 heteroatoms. The first kappa shape index (κ1) is 24.8. The normalized spacial score (nSPS) is 10.6. The molecule has 172 valence electrons. The molecule has 2 amide bonds. The van der Waals surface area contributed by atoms with Crippen molar-refractivity contribution in [2.24, 2.45) is 0 Å². The number of anilines is 1. The molecular weight excluding hydrogens is 488 g/mol. The van der Waals surface area contributed by atoms with Crippen LogP contribution in [0.25, 0.3) is 0 Å². The Morgan fingerprint density at radius 1 is 1.18 bits per heavy atom. The molecule has 1 aromatic heterocycles. The van der Waals surface area contributed by atoms with Crippen molar-refractivity contribution >= 4 is 52.5 Å². The first-order valence-corrected chi connectivity index (χ1v) is 11.6. The van der Waals surface area contributed by atoms with Crippen LogP contribution in [0.3, 0.4) is 0 Å². The number of allylic oxidation sites excluding steroid dienone is 1. The largest absolute Gasteiger partial charge is 0.351 e. The highest BCUT2D eigenvalue weighted by Gasteiger charge is 2.15. The van der Waals surface area contributed by atoms with Gasteiger partial charge in [-0.2, -0.15) is 0 Å². The van der Waals surface area contributed by atoms with Gasteiger partial charge in [0.15, 0.2) is 5.16 Å². The predicted octanol–water partition coefficient (Wildman–Crippen LogP) is 4.61. The number of hydrogen-bond donors (Lipinski definition) is 2. The number of hydrogen-bond acceptors (Lipinski definition) is 5.